The van der Waals surface area contributed by atoms with Crippen molar-refractivity contribution in [1.82, 2.24) is 24.1 Å². The largest absolute Gasteiger partial charge is 0.461 e. The quantitative estimate of drug-likeness (QED) is 0.475. The second-order valence-electron chi connectivity index (χ2n) is 7.57. The van der Waals surface area contributed by atoms with Crippen molar-refractivity contribution in [2.45, 2.75) is 13.1 Å². The third-order valence-corrected chi connectivity index (χ3v) is 5.59. The molecule has 1 aliphatic rings. The molecule has 1 fully saturated rings. The van der Waals surface area contributed by atoms with E-state index in [1.165, 1.54) is 21.0 Å². The minimum Gasteiger partial charge on any atom is -0.461 e. The molecular weight excluding hydrogens is 399 g/mol. The van der Waals surface area contributed by atoms with E-state index >= 15 is 0 Å². The Hall–Kier alpha value is -3.46. The lowest BCUT2D eigenvalue weighted by molar-refractivity contribution is 0.249. The molecule has 0 amide bonds. The van der Waals surface area contributed by atoms with Crippen molar-refractivity contribution in [2.24, 2.45) is 0 Å². The number of piperazine rings is 1. The number of rotatable bonds is 6. The fourth-order valence-corrected chi connectivity index (χ4v) is 3.99. The average Bonchev–Trinajstić information content (AvgIpc) is 3.49. The minimum absolute atomic E-state index is 0.0144. The minimum atomic E-state index is -0.625. The van der Waals surface area contributed by atoms with Crippen LogP contribution in [0.1, 0.15) is 5.56 Å². The zero-order chi connectivity index (χ0) is 21.2. The monoisotopic (exact) mass is 422 g/mol. The van der Waals surface area contributed by atoms with Gasteiger partial charge in [0.25, 0.3) is 0 Å². The lowest BCUT2D eigenvalue weighted by atomic mass is 10.2. The molecule has 5 rings (SSSR count). The standard InChI is InChI=1S/C22H23FN6O2/c23-8-9-28-16-17(15-26-10-12-27(13-11-26)18-5-2-1-3-6-18)21-24-20(19-7-4-14-31-19)25-29(21)22(28)30/h1-7,14,16H,8-13,15H2. The Bertz CT molecular complexity index is 1210. The van der Waals surface area contributed by atoms with Crippen LogP contribution in [0.15, 0.2) is 64.1 Å². The molecule has 0 N–H and O–H groups in total. The van der Waals surface area contributed by atoms with Crippen LogP contribution >= 0.6 is 0 Å². The normalized spacial score (nSPS) is 15.1. The van der Waals surface area contributed by atoms with Gasteiger partial charge in [0.15, 0.2) is 11.4 Å². The molecule has 9 heteroatoms. The molecule has 0 radical (unpaired) electrons. The smallest absolute Gasteiger partial charge is 0.350 e. The van der Waals surface area contributed by atoms with Crippen LogP contribution in [-0.2, 0) is 13.1 Å². The SMILES string of the molecule is O=c1n(CCF)cc(CN2CCN(c3ccccc3)CC2)c2nc(-c3ccco3)nn12. The van der Waals surface area contributed by atoms with Gasteiger partial charge in [-0.3, -0.25) is 9.47 Å². The summed E-state index contributed by atoms with van der Waals surface area (Å²) >= 11 is 0. The maximum atomic E-state index is 13.0. The van der Waals surface area contributed by atoms with E-state index in [2.05, 4.69) is 44.1 Å². The summed E-state index contributed by atoms with van der Waals surface area (Å²) in [4.78, 5) is 22.0. The molecule has 1 aliphatic heterocycles. The second-order valence-corrected chi connectivity index (χ2v) is 7.57. The van der Waals surface area contributed by atoms with E-state index in [1.54, 1.807) is 18.3 Å². The van der Waals surface area contributed by atoms with Crippen LogP contribution in [0.2, 0.25) is 0 Å². The van der Waals surface area contributed by atoms with Crippen molar-refractivity contribution in [3.05, 3.63) is 71.0 Å². The lowest BCUT2D eigenvalue weighted by Crippen LogP contribution is -2.46. The van der Waals surface area contributed by atoms with Gasteiger partial charge in [0, 0.05) is 50.2 Å². The van der Waals surface area contributed by atoms with Crippen LogP contribution in [0, 0.1) is 0 Å². The van der Waals surface area contributed by atoms with Crippen LogP contribution in [0.4, 0.5) is 10.1 Å². The van der Waals surface area contributed by atoms with E-state index < -0.39 is 12.4 Å². The van der Waals surface area contributed by atoms with E-state index in [0.717, 1.165) is 31.7 Å². The third-order valence-electron chi connectivity index (χ3n) is 5.59. The summed E-state index contributed by atoms with van der Waals surface area (Å²) in [7, 11) is 0. The van der Waals surface area contributed by atoms with Crippen molar-refractivity contribution in [3.63, 3.8) is 0 Å². The second kappa shape index (κ2) is 8.35. The summed E-state index contributed by atoms with van der Waals surface area (Å²) in [5.74, 6) is 0.831. The molecule has 0 aliphatic carbocycles. The highest BCUT2D eigenvalue weighted by Crippen LogP contribution is 2.20. The number of benzene rings is 1. The van der Waals surface area contributed by atoms with E-state index in [1.807, 2.05) is 6.07 Å². The van der Waals surface area contributed by atoms with Crippen LogP contribution in [0.3, 0.4) is 0 Å². The summed E-state index contributed by atoms with van der Waals surface area (Å²) in [6.07, 6.45) is 3.25. The highest BCUT2D eigenvalue weighted by Gasteiger charge is 2.21. The number of hydrogen-bond donors (Lipinski definition) is 0. The van der Waals surface area contributed by atoms with Gasteiger partial charge in [0.05, 0.1) is 12.8 Å². The van der Waals surface area contributed by atoms with Crippen LogP contribution < -0.4 is 10.6 Å². The summed E-state index contributed by atoms with van der Waals surface area (Å²) < 4.78 is 21.1. The number of furan rings is 1. The molecule has 3 aromatic heterocycles. The molecule has 31 heavy (non-hydrogen) atoms. The van der Waals surface area contributed by atoms with Crippen molar-refractivity contribution < 1.29 is 8.81 Å². The van der Waals surface area contributed by atoms with Gasteiger partial charge >= 0.3 is 5.69 Å². The van der Waals surface area contributed by atoms with Crippen LogP contribution in [0.5, 0.6) is 0 Å². The molecule has 1 saturated heterocycles. The Morgan fingerprint density at radius 1 is 1.03 bits per heavy atom. The first-order chi connectivity index (χ1) is 15.2. The molecular formula is C22H23FN6O2. The summed E-state index contributed by atoms with van der Waals surface area (Å²) in [6, 6.07) is 13.9. The van der Waals surface area contributed by atoms with Gasteiger partial charge in [0.1, 0.15) is 6.67 Å². The Balaban J connectivity index is 1.42. The zero-order valence-corrected chi connectivity index (χ0v) is 17.0. The third kappa shape index (κ3) is 3.84. The summed E-state index contributed by atoms with van der Waals surface area (Å²) in [6.45, 7) is 3.54. The van der Waals surface area contributed by atoms with Gasteiger partial charge in [0.2, 0.25) is 5.82 Å². The van der Waals surface area contributed by atoms with Crippen molar-refractivity contribution in [1.29, 1.82) is 0 Å². The van der Waals surface area contributed by atoms with Crippen molar-refractivity contribution in [3.8, 4) is 11.6 Å². The van der Waals surface area contributed by atoms with Gasteiger partial charge in [-0.1, -0.05) is 18.2 Å². The predicted molar refractivity (Wildman–Crippen MR) is 115 cm³/mol. The van der Waals surface area contributed by atoms with E-state index in [4.69, 9.17) is 4.42 Å². The number of para-hydroxylation sites is 1. The van der Waals surface area contributed by atoms with Crippen molar-refractivity contribution >= 4 is 11.3 Å². The topological polar surface area (TPSA) is 71.8 Å². The maximum absolute atomic E-state index is 13.0. The summed E-state index contributed by atoms with van der Waals surface area (Å²) in [5, 5.41) is 4.33. The Morgan fingerprint density at radius 3 is 2.55 bits per heavy atom. The molecule has 0 unspecified atom stereocenters. The lowest BCUT2D eigenvalue weighted by Gasteiger charge is -2.36. The molecule has 0 atom stereocenters. The number of aromatic nitrogens is 4. The first-order valence-corrected chi connectivity index (χ1v) is 10.3. The Labute approximate surface area is 178 Å². The van der Waals surface area contributed by atoms with Crippen molar-refractivity contribution in [2.75, 3.05) is 37.8 Å². The summed E-state index contributed by atoms with van der Waals surface area (Å²) in [5.41, 5.74) is 2.14. The van der Waals surface area contributed by atoms with Gasteiger partial charge < -0.3 is 9.32 Å². The molecule has 0 bridgehead atoms. The Kier molecular flexibility index (Phi) is 5.25. The molecule has 160 valence electrons. The number of halogens is 1. The van der Waals surface area contributed by atoms with Crippen LogP contribution in [-0.4, -0.2) is 56.9 Å². The molecule has 4 aromatic rings. The van der Waals surface area contributed by atoms with Gasteiger partial charge in [-0.25, -0.2) is 14.2 Å². The molecule has 8 nitrogen and oxygen atoms in total. The zero-order valence-electron chi connectivity index (χ0n) is 17.0. The van der Waals surface area contributed by atoms with E-state index in [0.29, 0.717) is 23.8 Å². The van der Waals surface area contributed by atoms with Gasteiger partial charge in [-0.05, 0) is 24.3 Å². The predicted octanol–water partition coefficient (Wildman–Crippen LogP) is 2.44. The van der Waals surface area contributed by atoms with E-state index in [-0.39, 0.29) is 6.54 Å². The first-order valence-electron chi connectivity index (χ1n) is 10.3. The molecule has 1 aromatic carbocycles. The van der Waals surface area contributed by atoms with Gasteiger partial charge in [-0.2, -0.15) is 4.52 Å². The average molecular weight is 422 g/mol. The van der Waals surface area contributed by atoms with Gasteiger partial charge in [-0.15, -0.1) is 5.10 Å². The Morgan fingerprint density at radius 2 is 1.84 bits per heavy atom. The maximum Gasteiger partial charge on any atom is 0.350 e. The fourth-order valence-electron chi connectivity index (χ4n) is 3.99. The number of hydrogen-bond acceptors (Lipinski definition) is 6. The highest BCUT2D eigenvalue weighted by molar-refractivity contribution is 5.55. The molecule has 4 heterocycles. The fraction of sp³-hybridized carbons (Fsp3) is 0.318. The molecule has 0 saturated carbocycles. The number of alkyl halides is 1. The highest BCUT2D eigenvalue weighted by atomic mass is 19.1. The van der Waals surface area contributed by atoms with Crippen LogP contribution in [0.25, 0.3) is 17.2 Å². The number of fused-ring (bicyclic) bond motifs is 1. The number of anilines is 1. The number of aryl methyl sites for hydroxylation is 1. The first kappa shape index (κ1) is 19.5. The van der Waals surface area contributed by atoms with E-state index in [9.17, 15) is 9.18 Å². The molecule has 0 spiro atoms. The number of nitrogens with zero attached hydrogens (tertiary/aromatic N) is 6.